The van der Waals surface area contributed by atoms with Gasteiger partial charge in [-0.3, -0.25) is 0 Å². The molecule has 0 aliphatic carbocycles. The first-order valence-corrected chi connectivity index (χ1v) is 4.62. The summed E-state index contributed by atoms with van der Waals surface area (Å²) in [5.41, 5.74) is 0. The van der Waals surface area contributed by atoms with Crippen molar-refractivity contribution in [1.82, 2.24) is 0 Å². The maximum Gasteiger partial charge on any atom is 0.345 e. The van der Waals surface area contributed by atoms with Crippen LogP contribution in [-0.4, -0.2) is 25.2 Å². The maximum absolute atomic E-state index is 10.9. The van der Waals surface area contributed by atoms with Crippen molar-refractivity contribution in [3.63, 3.8) is 0 Å². The standard InChI is InChI=1S/C8H11BrO4/c1-3-12-7(10)5-6(9)8(11)13-4-2/h5H,3-4H2,1-2H3. The molecule has 13 heavy (non-hydrogen) atoms. The van der Waals surface area contributed by atoms with E-state index in [-0.39, 0.29) is 17.7 Å². The molecule has 0 saturated heterocycles. The van der Waals surface area contributed by atoms with Crippen LogP contribution in [0.5, 0.6) is 0 Å². The van der Waals surface area contributed by atoms with Crippen molar-refractivity contribution < 1.29 is 19.1 Å². The number of esters is 2. The molecular weight excluding hydrogens is 240 g/mol. The topological polar surface area (TPSA) is 52.6 Å². The van der Waals surface area contributed by atoms with Gasteiger partial charge in [0.15, 0.2) is 0 Å². The Hall–Kier alpha value is -0.840. The molecule has 0 bridgehead atoms. The molecule has 0 rings (SSSR count). The minimum absolute atomic E-state index is 0.0628. The lowest BCUT2D eigenvalue weighted by Gasteiger charge is -1.99. The van der Waals surface area contributed by atoms with Crippen LogP contribution < -0.4 is 0 Å². The largest absolute Gasteiger partial charge is 0.463 e. The van der Waals surface area contributed by atoms with Crippen molar-refractivity contribution in [2.75, 3.05) is 13.2 Å². The van der Waals surface area contributed by atoms with Gasteiger partial charge >= 0.3 is 11.9 Å². The van der Waals surface area contributed by atoms with Crippen molar-refractivity contribution >= 4 is 27.9 Å². The molecule has 0 aliphatic rings. The summed E-state index contributed by atoms with van der Waals surface area (Å²) >= 11 is 2.90. The molecule has 0 radical (unpaired) electrons. The van der Waals surface area contributed by atoms with Gasteiger partial charge < -0.3 is 9.47 Å². The van der Waals surface area contributed by atoms with Crippen LogP contribution in [0.4, 0.5) is 0 Å². The molecule has 4 nitrogen and oxygen atoms in total. The summed E-state index contributed by atoms with van der Waals surface area (Å²) in [5.74, 6) is -1.14. The van der Waals surface area contributed by atoms with Gasteiger partial charge in [-0.15, -0.1) is 0 Å². The molecule has 0 saturated carbocycles. The van der Waals surface area contributed by atoms with Crippen LogP contribution in [0.3, 0.4) is 0 Å². The van der Waals surface area contributed by atoms with Gasteiger partial charge in [-0.25, -0.2) is 9.59 Å². The summed E-state index contributed by atoms with van der Waals surface area (Å²) in [4.78, 5) is 21.8. The Morgan fingerprint density at radius 3 is 2.23 bits per heavy atom. The van der Waals surface area contributed by atoms with Crippen LogP contribution in [0.2, 0.25) is 0 Å². The molecule has 0 atom stereocenters. The van der Waals surface area contributed by atoms with Gasteiger partial charge in [0.1, 0.15) is 4.48 Å². The molecule has 0 aromatic carbocycles. The van der Waals surface area contributed by atoms with Crippen LogP contribution in [0.1, 0.15) is 13.8 Å². The van der Waals surface area contributed by atoms with Gasteiger partial charge in [0.05, 0.1) is 13.2 Å². The van der Waals surface area contributed by atoms with E-state index >= 15 is 0 Å². The minimum atomic E-state index is -0.574. The quantitative estimate of drug-likeness (QED) is 0.559. The highest BCUT2D eigenvalue weighted by molar-refractivity contribution is 9.12. The molecule has 0 amide bonds. The second-order valence-corrected chi connectivity index (χ2v) is 2.82. The molecule has 0 aromatic heterocycles. The van der Waals surface area contributed by atoms with E-state index in [1.807, 2.05) is 0 Å². The third-order valence-corrected chi connectivity index (χ3v) is 1.55. The van der Waals surface area contributed by atoms with E-state index in [9.17, 15) is 9.59 Å². The van der Waals surface area contributed by atoms with Crippen molar-refractivity contribution in [3.8, 4) is 0 Å². The predicted molar refractivity (Wildman–Crippen MR) is 50.3 cm³/mol. The lowest BCUT2D eigenvalue weighted by atomic mass is 10.5. The number of carbonyl (C=O) groups excluding carboxylic acids is 2. The fourth-order valence-corrected chi connectivity index (χ4v) is 0.848. The molecule has 5 heteroatoms. The van der Waals surface area contributed by atoms with E-state index < -0.39 is 11.9 Å². The van der Waals surface area contributed by atoms with E-state index in [0.29, 0.717) is 0 Å². The van der Waals surface area contributed by atoms with Crippen molar-refractivity contribution in [3.05, 3.63) is 10.6 Å². The van der Waals surface area contributed by atoms with E-state index in [1.54, 1.807) is 13.8 Å². The molecule has 0 unspecified atom stereocenters. The van der Waals surface area contributed by atoms with Crippen LogP contribution in [-0.2, 0) is 19.1 Å². The Morgan fingerprint density at radius 2 is 1.77 bits per heavy atom. The van der Waals surface area contributed by atoms with Crippen LogP contribution in [0.15, 0.2) is 10.6 Å². The van der Waals surface area contributed by atoms with Crippen molar-refractivity contribution in [1.29, 1.82) is 0 Å². The van der Waals surface area contributed by atoms with E-state index in [0.717, 1.165) is 6.08 Å². The fourth-order valence-electron chi connectivity index (χ4n) is 0.546. The summed E-state index contributed by atoms with van der Waals surface area (Å²) in [6, 6.07) is 0. The number of hydrogen-bond donors (Lipinski definition) is 0. The molecule has 0 spiro atoms. The Bertz CT molecular complexity index is 222. The van der Waals surface area contributed by atoms with Gasteiger partial charge in [-0.05, 0) is 29.8 Å². The minimum Gasteiger partial charge on any atom is -0.463 e. The Kier molecular flexibility index (Phi) is 6.22. The molecule has 0 N–H and O–H groups in total. The number of halogens is 1. The summed E-state index contributed by atoms with van der Waals surface area (Å²) < 4.78 is 9.27. The van der Waals surface area contributed by atoms with Crippen LogP contribution in [0, 0.1) is 0 Å². The SMILES string of the molecule is CCOC(=O)C=C(Br)C(=O)OCC. The van der Waals surface area contributed by atoms with Gasteiger partial charge in [0, 0.05) is 6.08 Å². The highest BCUT2D eigenvalue weighted by Gasteiger charge is 2.08. The lowest BCUT2D eigenvalue weighted by molar-refractivity contribution is -0.140. The fraction of sp³-hybridized carbons (Fsp3) is 0.500. The second kappa shape index (κ2) is 6.65. The third kappa shape index (κ3) is 5.41. The molecule has 74 valence electrons. The lowest BCUT2D eigenvalue weighted by Crippen LogP contribution is -2.07. The zero-order chi connectivity index (χ0) is 10.3. The first kappa shape index (κ1) is 12.2. The Labute approximate surface area is 85.0 Å². The summed E-state index contributed by atoms with van der Waals surface area (Å²) in [7, 11) is 0. The third-order valence-electron chi connectivity index (χ3n) is 1.00. The molecule has 0 heterocycles. The van der Waals surface area contributed by atoms with Crippen LogP contribution >= 0.6 is 15.9 Å². The molecular formula is C8H11BrO4. The van der Waals surface area contributed by atoms with Crippen molar-refractivity contribution in [2.45, 2.75) is 13.8 Å². The average molecular weight is 251 g/mol. The number of carbonyl (C=O) groups is 2. The van der Waals surface area contributed by atoms with Gasteiger partial charge in [0.2, 0.25) is 0 Å². The summed E-state index contributed by atoms with van der Waals surface area (Å²) in [6.45, 7) is 3.91. The zero-order valence-corrected chi connectivity index (χ0v) is 9.09. The predicted octanol–water partition coefficient (Wildman–Crippen LogP) is 1.39. The molecule has 0 fully saturated rings. The number of hydrogen-bond acceptors (Lipinski definition) is 4. The second-order valence-electron chi connectivity index (χ2n) is 1.96. The maximum atomic E-state index is 10.9. The van der Waals surface area contributed by atoms with E-state index in [2.05, 4.69) is 25.4 Å². The van der Waals surface area contributed by atoms with Crippen LogP contribution in [0.25, 0.3) is 0 Å². The molecule has 0 aliphatic heterocycles. The zero-order valence-electron chi connectivity index (χ0n) is 7.50. The Balaban J connectivity index is 4.14. The van der Waals surface area contributed by atoms with Crippen molar-refractivity contribution in [2.24, 2.45) is 0 Å². The highest BCUT2D eigenvalue weighted by atomic mass is 79.9. The number of rotatable bonds is 4. The monoisotopic (exact) mass is 250 g/mol. The molecule has 0 aromatic rings. The Morgan fingerprint density at radius 1 is 1.23 bits per heavy atom. The smallest absolute Gasteiger partial charge is 0.345 e. The van der Waals surface area contributed by atoms with Gasteiger partial charge in [-0.2, -0.15) is 0 Å². The summed E-state index contributed by atoms with van der Waals surface area (Å²) in [6.07, 6.45) is 1.04. The van der Waals surface area contributed by atoms with E-state index in [1.165, 1.54) is 0 Å². The van der Waals surface area contributed by atoms with Gasteiger partial charge in [0.25, 0.3) is 0 Å². The summed E-state index contributed by atoms with van der Waals surface area (Å²) in [5, 5.41) is 0. The van der Waals surface area contributed by atoms with Gasteiger partial charge in [-0.1, -0.05) is 0 Å². The highest BCUT2D eigenvalue weighted by Crippen LogP contribution is 2.07. The average Bonchev–Trinajstić information content (AvgIpc) is 2.05. The normalized spacial score (nSPS) is 10.8. The first-order chi connectivity index (χ1) is 6.11. The number of ether oxygens (including phenoxy) is 2. The first-order valence-electron chi connectivity index (χ1n) is 3.82. The van der Waals surface area contributed by atoms with E-state index in [4.69, 9.17) is 0 Å².